The number of amides is 1. The number of hydrogen-bond donors (Lipinski definition) is 1. The van der Waals surface area contributed by atoms with Crippen LogP contribution in [-0.2, 0) is 4.79 Å². The van der Waals surface area contributed by atoms with E-state index < -0.39 is 0 Å². The Balaban J connectivity index is 1.57. The standard InChI is InChI=1S/C21H21BrN2O3S/c1-13(2)27-16-7-5-15(6-8-16)18-12-28-21(23-18)24-20(25)11-26-19-9-4-14(3)10-17(19)22/h4-10,12-13H,11H2,1-3H3,(H,23,24,25). The number of ether oxygens (including phenoxy) is 2. The fourth-order valence-corrected chi connectivity index (χ4v) is 3.81. The van der Waals surface area contributed by atoms with Crippen LogP contribution in [0.1, 0.15) is 19.4 Å². The normalized spacial score (nSPS) is 10.8. The molecule has 0 unspecified atom stereocenters. The Morgan fingerprint density at radius 3 is 2.64 bits per heavy atom. The fourth-order valence-electron chi connectivity index (χ4n) is 2.46. The van der Waals surface area contributed by atoms with Gasteiger partial charge < -0.3 is 9.47 Å². The molecule has 0 aliphatic heterocycles. The van der Waals surface area contributed by atoms with Gasteiger partial charge in [0.05, 0.1) is 16.3 Å². The number of anilines is 1. The largest absolute Gasteiger partial charge is 0.491 e. The van der Waals surface area contributed by atoms with Gasteiger partial charge in [0, 0.05) is 10.9 Å². The molecule has 2 aromatic carbocycles. The first-order valence-corrected chi connectivity index (χ1v) is 10.5. The van der Waals surface area contributed by atoms with Crippen LogP contribution >= 0.6 is 27.3 Å². The average molecular weight is 461 g/mol. The number of thiazole rings is 1. The maximum Gasteiger partial charge on any atom is 0.264 e. The lowest BCUT2D eigenvalue weighted by Crippen LogP contribution is -2.20. The Morgan fingerprint density at radius 1 is 1.21 bits per heavy atom. The van der Waals surface area contributed by atoms with E-state index in [0.717, 1.165) is 27.0 Å². The topological polar surface area (TPSA) is 60.5 Å². The summed E-state index contributed by atoms with van der Waals surface area (Å²) in [6, 6.07) is 13.5. The highest BCUT2D eigenvalue weighted by atomic mass is 79.9. The second-order valence-electron chi connectivity index (χ2n) is 6.50. The predicted molar refractivity (Wildman–Crippen MR) is 116 cm³/mol. The second kappa shape index (κ2) is 9.21. The number of aryl methyl sites for hydroxylation is 1. The number of carbonyl (C=O) groups is 1. The van der Waals surface area contributed by atoms with Crippen molar-refractivity contribution < 1.29 is 14.3 Å². The van der Waals surface area contributed by atoms with Gasteiger partial charge in [0.15, 0.2) is 11.7 Å². The molecule has 28 heavy (non-hydrogen) atoms. The molecule has 1 amide bonds. The van der Waals surface area contributed by atoms with Crippen molar-refractivity contribution in [1.82, 2.24) is 4.98 Å². The van der Waals surface area contributed by atoms with Gasteiger partial charge in [-0.25, -0.2) is 4.98 Å². The minimum atomic E-state index is -0.256. The predicted octanol–water partition coefficient (Wildman–Crippen LogP) is 5.69. The fraction of sp³-hybridized carbons (Fsp3) is 0.238. The summed E-state index contributed by atoms with van der Waals surface area (Å²) in [5.74, 6) is 1.19. The van der Waals surface area contributed by atoms with Gasteiger partial charge in [-0.1, -0.05) is 6.07 Å². The van der Waals surface area contributed by atoms with Gasteiger partial charge in [0.25, 0.3) is 5.91 Å². The van der Waals surface area contributed by atoms with Crippen molar-refractivity contribution in [3.05, 3.63) is 57.9 Å². The van der Waals surface area contributed by atoms with E-state index in [0.29, 0.717) is 10.9 Å². The third-order valence-corrected chi connectivity index (χ3v) is 5.10. The number of carbonyl (C=O) groups excluding carboxylic acids is 1. The zero-order valence-corrected chi connectivity index (χ0v) is 18.3. The molecule has 7 heteroatoms. The van der Waals surface area contributed by atoms with Crippen molar-refractivity contribution in [2.24, 2.45) is 0 Å². The van der Waals surface area contributed by atoms with Crippen molar-refractivity contribution >= 4 is 38.3 Å². The number of hydrogen-bond acceptors (Lipinski definition) is 5. The molecule has 0 aliphatic carbocycles. The summed E-state index contributed by atoms with van der Waals surface area (Å²) in [6.45, 7) is 5.89. The molecule has 0 aliphatic rings. The van der Waals surface area contributed by atoms with Crippen molar-refractivity contribution in [2.45, 2.75) is 26.9 Å². The van der Waals surface area contributed by atoms with Gasteiger partial charge in [-0.05, 0) is 78.7 Å². The Labute approximate surface area is 176 Å². The van der Waals surface area contributed by atoms with Crippen molar-refractivity contribution in [1.29, 1.82) is 0 Å². The molecule has 3 rings (SSSR count). The monoisotopic (exact) mass is 460 g/mol. The second-order valence-corrected chi connectivity index (χ2v) is 8.21. The average Bonchev–Trinajstić information content (AvgIpc) is 3.09. The third kappa shape index (κ3) is 5.56. The number of halogens is 1. The van der Waals surface area contributed by atoms with Gasteiger partial charge in [0.2, 0.25) is 0 Å². The summed E-state index contributed by atoms with van der Waals surface area (Å²) in [6.07, 6.45) is 0.134. The van der Waals surface area contributed by atoms with Crippen LogP contribution in [0.3, 0.4) is 0 Å². The van der Waals surface area contributed by atoms with Gasteiger partial charge in [0.1, 0.15) is 11.5 Å². The molecular formula is C21H21BrN2O3S. The van der Waals surface area contributed by atoms with Crippen LogP contribution in [0.25, 0.3) is 11.3 Å². The van der Waals surface area contributed by atoms with Crippen LogP contribution in [0.2, 0.25) is 0 Å². The molecule has 0 fully saturated rings. The number of rotatable bonds is 7. The highest BCUT2D eigenvalue weighted by molar-refractivity contribution is 9.10. The lowest BCUT2D eigenvalue weighted by molar-refractivity contribution is -0.118. The van der Waals surface area contributed by atoms with Gasteiger partial charge in [-0.3, -0.25) is 10.1 Å². The molecule has 3 aromatic rings. The molecule has 0 saturated carbocycles. The highest BCUT2D eigenvalue weighted by Gasteiger charge is 2.10. The van der Waals surface area contributed by atoms with Crippen LogP contribution in [0.5, 0.6) is 11.5 Å². The Kier molecular flexibility index (Phi) is 6.70. The first-order valence-electron chi connectivity index (χ1n) is 8.82. The lowest BCUT2D eigenvalue weighted by atomic mass is 10.2. The number of aromatic nitrogens is 1. The van der Waals surface area contributed by atoms with Crippen LogP contribution in [-0.4, -0.2) is 23.6 Å². The van der Waals surface area contributed by atoms with E-state index in [1.807, 2.05) is 68.6 Å². The quantitative estimate of drug-likeness (QED) is 0.492. The van der Waals surface area contributed by atoms with E-state index in [9.17, 15) is 4.79 Å². The minimum Gasteiger partial charge on any atom is -0.491 e. The van der Waals surface area contributed by atoms with E-state index >= 15 is 0 Å². The lowest BCUT2D eigenvalue weighted by Gasteiger charge is -2.09. The van der Waals surface area contributed by atoms with Crippen molar-refractivity contribution in [3.63, 3.8) is 0 Å². The minimum absolute atomic E-state index is 0.0855. The molecule has 1 heterocycles. The highest BCUT2D eigenvalue weighted by Crippen LogP contribution is 2.28. The maximum absolute atomic E-state index is 12.2. The molecule has 0 saturated heterocycles. The van der Waals surface area contributed by atoms with Crippen LogP contribution < -0.4 is 14.8 Å². The van der Waals surface area contributed by atoms with E-state index in [4.69, 9.17) is 9.47 Å². The molecule has 5 nitrogen and oxygen atoms in total. The Morgan fingerprint density at radius 2 is 1.96 bits per heavy atom. The molecule has 0 radical (unpaired) electrons. The zero-order valence-electron chi connectivity index (χ0n) is 15.9. The zero-order chi connectivity index (χ0) is 20.1. The van der Waals surface area contributed by atoms with E-state index in [1.54, 1.807) is 0 Å². The Hall–Kier alpha value is -2.38. The van der Waals surface area contributed by atoms with Gasteiger partial charge in [-0.2, -0.15) is 0 Å². The summed E-state index contributed by atoms with van der Waals surface area (Å²) in [7, 11) is 0. The first-order chi connectivity index (χ1) is 13.4. The Bertz CT molecular complexity index is 955. The first kappa shape index (κ1) is 20.4. The van der Waals surface area contributed by atoms with E-state index in [2.05, 4.69) is 26.2 Å². The molecule has 1 N–H and O–H groups in total. The number of benzene rings is 2. The summed E-state index contributed by atoms with van der Waals surface area (Å²) < 4.78 is 12.0. The van der Waals surface area contributed by atoms with Gasteiger partial charge in [-0.15, -0.1) is 11.3 Å². The molecule has 1 aromatic heterocycles. The van der Waals surface area contributed by atoms with Gasteiger partial charge >= 0.3 is 0 Å². The molecular weight excluding hydrogens is 440 g/mol. The SMILES string of the molecule is Cc1ccc(OCC(=O)Nc2nc(-c3ccc(OC(C)C)cc3)cs2)c(Br)c1. The van der Waals surface area contributed by atoms with E-state index in [1.165, 1.54) is 11.3 Å². The van der Waals surface area contributed by atoms with Crippen LogP contribution in [0.4, 0.5) is 5.13 Å². The number of nitrogens with zero attached hydrogens (tertiary/aromatic N) is 1. The van der Waals surface area contributed by atoms with E-state index in [-0.39, 0.29) is 18.6 Å². The molecule has 0 atom stereocenters. The maximum atomic E-state index is 12.2. The molecule has 0 spiro atoms. The summed E-state index contributed by atoms with van der Waals surface area (Å²) in [5.41, 5.74) is 2.88. The third-order valence-electron chi connectivity index (χ3n) is 3.72. The van der Waals surface area contributed by atoms with Crippen LogP contribution in [0.15, 0.2) is 52.3 Å². The summed E-state index contributed by atoms with van der Waals surface area (Å²) in [4.78, 5) is 16.6. The van der Waals surface area contributed by atoms with Crippen LogP contribution in [0, 0.1) is 6.92 Å². The smallest absolute Gasteiger partial charge is 0.264 e. The molecule has 146 valence electrons. The molecule has 0 bridgehead atoms. The summed E-state index contributed by atoms with van der Waals surface area (Å²) >= 11 is 4.81. The number of nitrogens with one attached hydrogen (secondary N) is 1. The van der Waals surface area contributed by atoms with Crippen molar-refractivity contribution in [2.75, 3.05) is 11.9 Å². The summed E-state index contributed by atoms with van der Waals surface area (Å²) in [5, 5.41) is 5.22. The van der Waals surface area contributed by atoms with Crippen molar-refractivity contribution in [3.8, 4) is 22.8 Å².